The molecular formula is C20H26N4O. The number of nitrogens with zero attached hydrogens (tertiary/aromatic N) is 2. The van der Waals surface area contributed by atoms with Gasteiger partial charge < -0.3 is 9.88 Å². The van der Waals surface area contributed by atoms with Crippen LogP contribution in [0, 0.1) is 20.8 Å². The van der Waals surface area contributed by atoms with Gasteiger partial charge in [-0.2, -0.15) is 5.10 Å². The fourth-order valence-corrected chi connectivity index (χ4v) is 3.53. The average molecular weight is 338 g/mol. The van der Waals surface area contributed by atoms with Gasteiger partial charge in [0.2, 0.25) is 0 Å². The first kappa shape index (κ1) is 17.3. The standard InChI is InChI=1S/C20H26N4O/c1-5-6-7-9-21-19-16-8-10-24(18(16)20(25)23-22-19)17-14(3)11-13(2)12-15(17)4/h8,10-12H,5-7,9H2,1-4H3,(H,21,22)(H,23,25). The minimum atomic E-state index is -0.168. The molecule has 0 radical (unpaired) electrons. The topological polar surface area (TPSA) is 62.7 Å². The molecule has 0 unspecified atom stereocenters. The summed E-state index contributed by atoms with van der Waals surface area (Å²) in [5.41, 5.74) is 5.08. The molecule has 0 aliphatic heterocycles. The van der Waals surface area contributed by atoms with Gasteiger partial charge in [0.05, 0.1) is 5.69 Å². The molecule has 3 aromatic rings. The van der Waals surface area contributed by atoms with E-state index in [4.69, 9.17) is 0 Å². The predicted molar refractivity (Wildman–Crippen MR) is 104 cm³/mol. The molecule has 1 aromatic carbocycles. The van der Waals surface area contributed by atoms with Crippen molar-refractivity contribution in [2.45, 2.75) is 47.0 Å². The molecule has 5 nitrogen and oxygen atoms in total. The molecule has 0 atom stereocenters. The number of aryl methyl sites for hydroxylation is 3. The van der Waals surface area contributed by atoms with E-state index < -0.39 is 0 Å². The maximum Gasteiger partial charge on any atom is 0.289 e. The smallest absolute Gasteiger partial charge is 0.289 e. The summed E-state index contributed by atoms with van der Waals surface area (Å²) < 4.78 is 1.98. The van der Waals surface area contributed by atoms with E-state index in [0.717, 1.165) is 41.0 Å². The highest BCUT2D eigenvalue weighted by atomic mass is 16.1. The average Bonchev–Trinajstić information content (AvgIpc) is 2.98. The number of benzene rings is 1. The number of hydrogen-bond acceptors (Lipinski definition) is 3. The summed E-state index contributed by atoms with van der Waals surface area (Å²) in [5.74, 6) is 0.742. The highest BCUT2D eigenvalue weighted by Crippen LogP contribution is 2.27. The molecule has 2 heterocycles. The molecule has 0 saturated carbocycles. The van der Waals surface area contributed by atoms with Crippen LogP contribution >= 0.6 is 0 Å². The van der Waals surface area contributed by atoms with Crippen LogP contribution in [-0.4, -0.2) is 21.3 Å². The Hall–Kier alpha value is -2.56. The van der Waals surface area contributed by atoms with Gasteiger partial charge in [0, 0.05) is 18.1 Å². The molecule has 132 valence electrons. The highest BCUT2D eigenvalue weighted by molar-refractivity contribution is 5.90. The maximum atomic E-state index is 12.5. The van der Waals surface area contributed by atoms with Crippen molar-refractivity contribution in [3.63, 3.8) is 0 Å². The van der Waals surface area contributed by atoms with Crippen molar-refractivity contribution in [2.75, 3.05) is 11.9 Å². The van der Waals surface area contributed by atoms with E-state index >= 15 is 0 Å². The molecule has 0 saturated heterocycles. The number of anilines is 1. The van der Waals surface area contributed by atoms with E-state index in [1.54, 1.807) is 0 Å². The number of fused-ring (bicyclic) bond motifs is 1. The SMILES string of the molecule is CCCCCNc1n[nH]c(=O)c2c1ccn2-c1c(C)cc(C)cc1C. The Bertz CT molecular complexity index is 929. The lowest BCUT2D eigenvalue weighted by Crippen LogP contribution is -2.15. The Morgan fingerprint density at radius 3 is 2.56 bits per heavy atom. The van der Waals surface area contributed by atoms with Gasteiger partial charge in [-0.15, -0.1) is 0 Å². The molecule has 0 aliphatic rings. The highest BCUT2D eigenvalue weighted by Gasteiger charge is 2.15. The van der Waals surface area contributed by atoms with Gasteiger partial charge in [-0.1, -0.05) is 37.5 Å². The van der Waals surface area contributed by atoms with Crippen molar-refractivity contribution in [2.24, 2.45) is 0 Å². The third kappa shape index (κ3) is 3.31. The summed E-state index contributed by atoms with van der Waals surface area (Å²) in [7, 11) is 0. The Morgan fingerprint density at radius 1 is 1.16 bits per heavy atom. The van der Waals surface area contributed by atoms with E-state index in [0.29, 0.717) is 5.52 Å². The molecular weight excluding hydrogens is 312 g/mol. The lowest BCUT2D eigenvalue weighted by molar-refractivity contribution is 0.741. The lowest BCUT2D eigenvalue weighted by atomic mass is 10.0. The Balaban J connectivity index is 2.09. The van der Waals surface area contributed by atoms with Crippen LogP contribution in [0.5, 0.6) is 0 Å². The second-order valence-corrected chi connectivity index (χ2v) is 6.73. The summed E-state index contributed by atoms with van der Waals surface area (Å²) in [6.07, 6.45) is 5.42. The van der Waals surface area contributed by atoms with Crippen LogP contribution in [0.3, 0.4) is 0 Å². The number of rotatable bonds is 6. The molecule has 0 fully saturated rings. The number of aromatic nitrogens is 3. The molecule has 0 bridgehead atoms. The maximum absolute atomic E-state index is 12.5. The van der Waals surface area contributed by atoms with Gasteiger partial charge >= 0.3 is 0 Å². The number of unbranched alkanes of at least 4 members (excludes halogenated alkanes) is 2. The minimum absolute atomic E-state index is 0.168. The van der Waals surface area contributed by atoms with E-state index in [-0.39, 0.29) is 5.56 Å². The number of nitrogens with one attached hydrogen (secondary N) is 2. The van der Waals surface area contributed by atoms with Gasteiger partial charge in [0.15, 0.2) is 5.82 Å². The van der Waals surface area contributed by atoms with E-state index in [2.05, 4.69) is 55.3 Å². The van der Waals surface area contributed by atoms with Gasteiger partial charge in [-0.05, 0) is 44.4 Å². The van der Waals surface area contributed by atoms with E-state index in [9.17, 15) is 4.79 Å². The number of aromatic amines is 1. The lowest BCUT2D eigenvalue weighted by Gasteiger charge is -2.14. The van der Waals surface area contributed by atoms with Crippen molar-refractivity contribution in [3.8, 4) is 5.69 Å². The fraction of sp³-hybridized carbons (Fsp3) is 0.400. The molecule has 0 spiro atoms. The Kier molecular flexibility index (Phi) is 4.93. The molecule has 5 heteroatoms. The summed E-state index contributed by atoms with van der Waals surface area (Å²) >= 11 is 0. The normalized spacial score (nSPS) is 11.2. The molecule has 3 rings (SSSR count). The first-order valence-electron chi connectivity index (χ1n) is 8.94. The minimum Gasteiger partial charge on any atom is -0.368 e. The van der Waals surface area contributed by atoms with Crippen LogP contribution in [0.2, 0.25) is 0 Å². The van der Waals surface area contributed by atoms with Crippen molar-refractivity contribution in [1.82, 2.24) is 14.8 Å². The van der Waals surface area contributed by atoms with Crippen molar-refractivity contribution < 1.29 is 0 Å². The molecule has 2 aromatic heterocycles. The summed E-state index contributed by atoms with van der Waals surface area (Å²) in [4.78, 5) is 12.5. The quantitative estimate of drug-likeness (QED) is 0.661. The van der Waals surface area contributed by atoms with Crippen LogP contribution < -0.4 is 10.9 Å². The number of hydrogen-bond donors (Lipinski definition) is 2. The molecule has 2 N–H and O–H groups in total. The monoisotopic (exact) mass is 338 g/mol. The van der Waals surface area contributed by atoms with Crippen molar-refractivity contribution in [1.29, 1.82) is 0 Å². The van der Waals surface area contributed by atoms with E-state index in [1.165, 1.54) is 18.4 Å². The summed E-state index contributed by atoms with van der Waals surface area (Å²) in [5, 5.41) is 11.1. The second kappa shape index (κ2) is 7.13. The van der Waals surface area contributed by atoms with Crippen LogP contribution in [0.15, 0.2) is 29.2 Å². The first-order valence-corrected chi connectivity index (χ1v) is 8.94. The van der Waals surface area contributed by atoms with Crippen LogP contribution in [0.1, 0.15) is 42.9 Å². The van der Waals surface area contributed by atoms with Crippen LogP contribution in [0.4, 0.5) is 5.82 Å². The fourth-order valence-electron chi connectivity index (χ4n) is 3.53. The third-order valence-corrected chi connectivity index (χ3v) is 4.57. The van der Waals surface area contributed by atoms with Crippen LogP contribution in [-0.2, 0) is 0 Å². The first-order chi connectivity index (χ1) is 12.0. The predicted octanol–water partition coefficient (Wildman–Crippen LogP) is 4.24. The zero-order valence-corrected chi connectivity index (χ0v) is 15.4. The molecule has 0 aliphatic carbocycles. The van der Waals surface area contributed by atoms with Gasteiger partial charge in [-0.3, -0.25) is 4.79 Å². The van der Waals surface area contributed by atoms with Crippen LogP contribution in [0.25, 0.3) is 16.6 Å². The van der Waals surface area contributed by atoms with Gasteiger partial charge in [0.1, 0.15) is 5.52 Å². The van der Waals surface area contributed by atoms with Crippen molar-refractivity contribution >= 4 is 16.7 Å². The molecule has 25 heavy (non-hydrogen) atoms. The van der Waals surface area contributed by atoms with Gasteiger partial charge in [-0.25, -0.2) is 5.10 Å². The van der Waals surface area contributed by atoms with E-state index in [1.807, 2.05) is 16.8 Å². The Morgan fingerprint density at radius 2 is 1.88 bits per heavy atom. The zero-order chi connectivity index (χ0) is 18.0. The summed E-state index contributed by atoms with van der Waals surface area (Å²) in [6.45, 7) is 9.30. The molecule has 0 amide bonds. The Labute approximate surface area is 148 Å². The van der Waals surface area contributed by atoms with Crippen molar-refractivity contribution in [3.05, 3.63) is 51.4 Å². The number of H-pyrrole nitrogens is 1. The zero-order valence-electron chi connectivity index (χ0n) is 15.4. The van der Waals surface area contributed by atoms with Gasteiger partial charge in [0.25, 0.3) is 5.56 Å². The third-order valence-electron chi connectivity index (χ3n) is 4.57. The summed E-state index contributed by atoms with van der Waals surface area (Å²) in [6, 6.07) is 6.26. The largest absolute Gasteiger partial charge is 0.368 e. The second-order valence-electron chi connectivity index (χ2n) is 6.73.